The summed E-state index contributed by atoms with van der Waals surface area (Å²) in [4.78, 5) is 23.5. The molecule has 0 unspecified atom stereocenters. The number of aliphatic hydroxyl groups excluding tert-OH is 3. The zero-order chi connectivity index (χ0) is 38.7. The van der Waals surface area contributed by atoms with Gasteiger partial charge in [-0.3, -0.25) is 9.79 Å². The Kier molecular flexibility index (Phi) is 12.4. The molecule has 0 amide bonds. The Bertz CT molecular complexity index is 1950. The van der Waals surface area contributed by atoms with Gasteiger partial charge in [-0.1, -0.05) is 37.3 Å². The molecule has 3 aromatic rings. The number of carbonyl (C=O) groups is 1. The highest BCUT2D eigenvalue weighted by atomic mass is 32.1. The number of nitrogens with zero attached hydrogens (tertiary/aromatic N) is 1. The van der Waals surface area contributed by atoms with Gasteiger partial charge in [-0.2, -0.15) is 0 Å². The Labute approximate surface area is 333 Å². The van der Waals surface area contributed by atoms with Crippen LogP contribution in [0.2, 0.25) is 0 Å². The van der Waals surface area contributed by atoms with Crippen molar-refractivity contribution in [1.29, 1.82) is 0 Å². The summed E-state index contributed by atoms with van der Waals surface area (Å²) in [6, 6.07) is 11.8. The Balaban J connectivity index is 1.18. The van der Waals surface area contributed by atoms with E-state index >= 15 is 0 Å². The highest BCUT2D eigenvalue weighted by Crippen LogP contribution is 2.58. The fraction of sp³-hybridized carbons (Fsp3) is 0.545. The van der Waals surface area contributed by atoms with Crippen molar-refractivity contribution in [2.75, 3.05) is 11.9 Å². The second kappa shape index (κ2) is 17.2. The molecule has 1 aromatic carbocycles. The Morgan fingerprint density at radius 1 is 1.04 bits per heavy atom. The average molecular weight is 785 g/mol. The topological polar surface area (TPSA) is 160 Å². The van der Waals surface area contributed by atoms with Crippen LogP contribution in [0, 0.1) is 35.0 Å². The quantitative estimate of drug-likeness (QED) is 0.0461. The van der Waals surface area contributed by atoms with Crippen LogP contribution in [0.4, 0.5) is 5.69 Å². The summed E-state index contributed by atoms with van der Waals surface area (Å²) in [6.45, 7) is 3.29. The van der Waals surface area contributed by atoms with Crippen molar-refractivity contribution in [2.45, 2.75) is 121 Å². The fourth-order valence-corrected chi connectivity index (χ4v) is 11.9. The predicted molar refractivity (Wildman–Crippen MR) is 224 cm³/mol. The van der Waals surface area contributed by atoms with Gasteiger partial charge in [0, 0.05) is 33.0 Å². The first kappa shape index (κ1) is 39.6. The molecule has 4 aliphatic rings. The van der Waals surface area contributed by atoms with Crippen LogP contribution >= 0.6 is 22.7 Å². The van der Waals surface area contributed by atoms with Crippen molar-refractivity contribution in [2.24, 2.45) is 33.9 Å². The number of nitrogens with two attached hydrogens (primary N) is 1. The number of aliphatic hydroxyl groups is 3. The van der Waals surface area contributed by atoms with Gasteiger partial charge < -0.3 is 36.8 Å². The summed E-state index contributed by atoms with van der Waals surface area (Å²) in [6.07, 6.45) is 13.0. The van der Waals surface area contributed by atoms with E-state index in [-0.39, 0.29) is 59.4 Å². The van der Waals surface area contributed by atoms with Gasteiger partial charge in [0.25, 0.3) is 0 Å². The van der Waals surface area contributed by atoms with E-state index in [1.54, 1.807) is 29.6 Å². The number of phenolic OH excluding ortho intramolecular Hbond substituents is 1. The second-order valence-electron chi connectivity index (χ2n) is 16.4. The molecule has 3 heterocycles. The molecule has 294 valence electrons. The lowest BCUT2D eigenvalue weighted by Gasteiger charge is -2.47. The predicted octanol–water partition coefficient (Wildman–Crippen LogP) is 7.33. The minimum atomic E-state index is -0.819. The lowest BCUT2D eigenvalue weighted by Crippen LogP contribution is -2.50. The molecular formula is C44H56N4O5S2. The lowest BCUT2D eigenvalue weighted by atomic mass is 9.58. The molecule has 0 bridgehead atoms. The summed E-state index contributed by atoms with van der Waals surface area (Å²) in [5.41, 5.74) is 8.79. The minimum absolute atomic E-state index is 0.0786. The SMILES string of the molecule is CC#Cc1ccc(-c2ccc(C(=O)[C@@H]3CC[C@H]([C@H](Cc4cc(O)c5c(c4)N[C@H]([C@H](C)O)C=C5)NC(N)=NC4CCCCC4)C[C@]34CC[C@H]([C@H](O)CO)C4)s2)s1. The number of hydrogen-bond donors (Lipinski definition) is 7. The van der Waals surface area contributed by atoms with Gasteiger partial charge in [0.05, 0.1) is 40.7 Å². The van der Waals surface area contributed by atoms with Crippen LogP contribution in [0.15, 0.2) is 47.5 Å². The number of benzene rings is 1. The van der Waals surface area contributed by atoms with Gasteiger partial charge in [-0.05, 0) is 131 Å². The molecule has 2 aromatic heterocycles. The van der Waals surface area contributed by atoms with Crippen LogP contribution in [0.1, 0.15) is 110 Å². The molecule has 1 spiro atoms. The molecule has 9 nitrogen and oxygen atoms in total. The number of anilines is 1. The maximum atomic E-state index is 14.6. The molecule has 1 aliphatic heterocycles. The van der Waals surface area contributed by atoms with E-state index in [4.69, 9.17) is 10.7 Å². The Morgan fingerprint density at radius 2 is 1.80 bits per heavy atom. The molecule has 55 heavy (non-hydrogen) atoms. The average Bonchev–Trinajstić information content (AvgIpc) is 3.95. The van der Waals surface area contributed by atoms with Crippen LogP contribution < -0.4 is 16.4 Å². The molecule has 8 atom stereocenters. The zero-order valence-corrected chi connectivity index (χ0v) is 33.6. The van der Waals surface area contributed by atoms with Crippen molar-refractivity contribution in [3.05, 3.63) is 63.4 Å². The van der Waals surface area contributed by atoms with E-state index in [1.807, 2.05) is 37.3 Å². The minimum Gasteiger partial charge on any atom is -0.507 e. The maximum absolute atomic E-state index is 14.6. The highest BCUT2D eigenvalue weighted by Gasteiger charge is 2.53. The molecule has 3 fully saturated rings. The third kappa shape index (κ3) is 8.84. The van der Waals surface area contributed by atoms with Gasteiger partial charge >= 0.3 is 0 Å². The lowest BCUT2D eigenvalue weighted by molar-refractivity contribution is 0.0187. The molecule has 8 N–H and O–H groups in total. The molecule has 3 aliphatic carbocycles. The summed E-state index contributed by atoms with van der Waals surface area (Å²) in [5, 5.41) is 49.3. The standard InChI is InChI=1S/C44H56N4O5S2/c1-3-7-31-11-15-39(54-31)40-16-17-41(55-40)42(53)33-13-10-28(23-44(33)19-18-29(24-44)38(52)25-49)35(48-43(45)46-30-8-5-4-6-9-30)20-27-21-36-32(37(51)22-27)12-14-34(47-36)26(2)50/h11-12,14-17,21-22,26,28-30,33-35,38,47,49-52H,4-6,8-10,13,18-20,23-25H2,1-2H3,(H3,45,46,48)/t26-,28-,29-,33-,34-,35-,38+,44-/m0/s1. The van der Waals surface area contributed by atoms with E-state index in [1.165, 1.54) is 6.42 Å². The molecular weight excluding hydrogens is 729 g/mol. The van der Waals surface area contributed by atoms with Crippen LogP contribution in [-0.4, -0.2) is 69.1 Å². The number of fused-ring (bicyclic) bond motifs is 1. The van der Waals surface area contributed by atoms with Gasteiger partial charge in [0.1, 0.15) is 5.75 Å². The van der Waals surface area contributed by atoms with E-state index in [0.717, 1.165) is 82.1 Å². The Morgan fingerprint density at radius 3 is 2.56 bits per heavy atom. The number of carbonyl (C=O) groups excluding carboxylic acids is 1. The van der Waals surface area contributed by atoms with Crippen molar-refractivity contribution < 1.29 is 25.2 Å². The first-order valence-electron chi connectivity index (χ1n) is 20.1. The van der Waals surface area contributed by atoms with Gasteiger partial charge in [0.2, 0.25) is 0 Å². The van der Waals surface area contributed by atoms with Gasteiger partial charge in [-0.15, -0.1) is 28.6 Å². The number of guanidine groups is 1. The highest BCUT2D eigenvalue weighted by molar-refractivity contribution is 7.23. The molecule has 3 saturated carbocycles. The zero-order valence-electron chi connectivity index (χ0n) is 32.0. The van der Waals surface area contributed by atoms with Gasteiger partial charge in [0.15, 0.2) is 11.7 Å². The van der Waals surface area contributed by atoms with Gasteiger partial charge in [-0.25, -0.2) is 0 Å². The number of aromatic hydroxyl groups is 1. The third-order valence-corrected chi connectivity index (χ3v) is 15.0. The van der Waals surface area contributed by atoms with Crippen molar-refractivity contribution >= 4 is 46.2 Å². The van der Waals surface area contributed by atoms with E-state index in [0.29, 0.717) is 30.8 Å². The number of rotatable bonds is 11. The largest absolute Gasteiger partial charge is 0.507 e. The second-order valence-corrected chi connectivity index (χ2v) is 18.6. The number of nitrogens with one attached hydrogen (secondary N) is 2. The summed E-state index contributed by atoms with van der Waals surface area (Å²) >= 11 is 3.19. The van der Waals surface area contributed by atoms with Crippen LogP contribution in [-0.2, 0) is 6.42 Å². The number of ketones is 1. The molecule has 11 heteroatoms. The van der Waals surface area contributed by atoms with E-state index in [9.17, 15) is 25.2 Å². The van der Waals surface area contributed by atoms with E-state index in [2.05, 4.69) is 40.7 Å². The summed E-state index contributed by atoms with van der Waals surface area (Å²) in [5.74, 6) is 6.74. The number of hydrogen-bond acceptors (Lipinski definition) is 9. The maximum Gasteiger partial charge on any atom is 0.189 e. The van der Waals surface area contributed by atoms with Crippen LogP contribution in [0.3, 0.4) is 0 Å². The number of Topliss-reactive ketones (excluding diaryl/α,β-unsaturated/α-hetero) is 1. The third-order valence-electron chi connectivity index (χ3n) is 12.7. The monoisotopic (exact) mass is 784 g/mol. The van der Waals surface area contributed by atoms with Crippen LogP contribution in [0.5, 0.6) is 5.75 Å². The number of aliphatic imine (C=N–C) groups is 1. The number of thiophene rings is 2. The summed E-state index contributed by atoms with van der Waals surface area (Å²) in [7, 11) is 0. The molecule has 0 radical (unpaired) electrons. The molecule has 7 rings (SSSR count). The molecule has 0 saturated heterocycles. The fourth-order valence-electron chi connectivity index (χ4n) is 9.86. The van der Waals surface area contributed by atoms with Crippen molar-refractivity contribution in [3.8, 4) is 27.3 Å². The van der Waals surface area contributed by atoms with E-state index < -0.39 is 12.2 Å². The number of phenols is 1. The first-order chi connectivity index (χ1) is 26.6. The smallest absolute Gasteiger partial charge is 0.189 e. The van der Waals surface area contributed by atoms with Crippen molar-refractivity contribution in [1.82, 2.24) is 5.32 Å². The van der Waals surface area contributed by atoms with Crippen LogP contribution in [0.25, 0.3) is 15.8 Å². The van der Waals surface area contributed by atoms with Crippen molar-refractivity contribution in [3.63, 3.8) is 0 Å². The Hall–Kier alpha value is -3.66. The first-order valence-corrected chi connectivity index (χ1v) is 21.7. The normalized spacial score (nSPS) is 27.1. The summed E-state index contributed by atoms with van der Waals surface area (Å²) < 4.78 is 0.